The van der Waals surface area contributed by atoms with Crippen LogP contribution in [0.5, 0.6) is 11.5 Å². The Morgan fingerprint density at radius 3 is 2.77 bits per heavy atom. The second kappa shape index (κ2) is 8.50. The Kier molecular flexibility index (Phi) is 5.62. The van der Waals surface area contributed by atoms with E-state index in [0.29, 0.717) is 47.1 Å². The lowest BCUT2D eigenvalue weighted by Crippen LogP contribution is -2.41. The van der Waals surface area contributed by atoms with Crippen LogP contribution in [-0.4, -0.2) is 52.6 Å². The van der Waals surface area contributed by atoms with Crippen molar-refractivity contribution in [2.75, 3.05) is 19.8 Å². The number of aromatic nitrogens is 2. The van der Waals surface area contributed by atoms with E-state index >= 15 is 0 Å². The highest BCUT2D eigenvalue weighted by atomic mass is 19.1. The molecule has 0 saturated heterocycles. The quantitative estimate of drug-likeness (QED) is 0.510. The van der Waals surface area contributed by atoms with E-state index < -0.39 is 17.8 Å². The lowest BCUT2D eigenvalue weighted by Gasteiger charge is -2.13. The number of nitrogens with one attached hydrogen (secondary N) is 2. The van der Waals surface area contributed by atoms with Crippen molar-refractivity contribution in [3.05, 3.63) is 53.6 Å². The van der Waals surface area contributed by atoms with Crippen molar-refractivity contribution in [1.29, 1.82) is 0 Å². The van der Waals surface area contributed by atoms with Crippen LogP contribution in [0, 0.1) is 5.82 Å². The molecule has 9 heteroatoms. The van der Waals surface area contributed by atoms with Gasteiger partial charge in [-0.25, -0.2) is 9.37 Å². The largest absolute Gasteiger partial charge is 0.490 e. The summed E-state index contributed by atoms with van der Waals surface area (Å²) in [6.45, 7) is 0.882. The molecule has 156 valence electrons. The molecule has 30 heavy (non-hydrogen) atoms. The molecule has 1 aromatic heterocycles. The minimum atomic E-state index is -1.12. The van der Waals surface area contributed by atoms with Crippen molar-refractivity contribution < 1.29 is 28.6 Å². The van der Waals surface area contributed by atoms with Gasteiger partial charge >= 0.3 is 5.97 Å². The number of nitrogens with zero attached hydrogens (tertiary/aromatic N) is 1. The smallest absolute Gasteiger partial charge is 0.321 e. The number of Topliss-reactive ketones (excluding diaryl/α,β-unsaturated/α-hetero) is 1. The Balaban J connectivity index is 1.42. The number of rotatable bonds is 7. The number of imidazole rings is 1. The summed E-state index contributed by atoms with van der Waals surface area (Å²) in [4.78, 5) is 31.4. The SMILES string of the molecule is O=C(CN[C@H](Cc1nc2ccc(F)cc2[nH]1)C(=O)O)c1ccc2c(c1)OCCCO2. The molecule has 1 aliphatic heterocycles. The van der Waals surface area contributed by atoms with Crippen LogP contribution < -0.4 is 14.8 Å². The maximum atomic E-state index is 13.3. The number of H-pyrrole nitrogens is 1. The molecule has 1 aliphatic rings. The summed E-state index contributed by atoms with van der Waals surface area (Å²) in [6, 6.07) is 7.96. The van der Waals surface area contributed by atoms with E-state index in [-0.39, 0.29) is 18.7 Å². The normalized spacial score (nSPS) is 14.3. The van der Waals surface area contributed by atoms with Gasteiger partial charge in [0.1, 0.15) is 17.7 Å². The van der Waals surface area contributed by atoms with Crippen LogP contribution in [0.3, 0.4) is 0 Å². The summed E-state index contributed by atoms with van der Waals surface area (Å²) in [6.07, 6.45) is 0.772. The molecule has 1 atom stereocenters. The van der Waals surface area contributed by atoms with Crippen molar-refractivity contribution in [3.8, 4) is 11.5 Å². The minimum Gasteiger partial charge on any atom is -0.490 e. The summed E-state index contributed by atoms with van der Waals surface area (Å²) in [5.74, 6) is -0.328. The second-order valence-corrected chi connectivity index (χ2v) is 6.96. The minimum absolute atomic E-state index is 0.0139. The highest BCUT2D eigenvalue weighted by Gasteiger charge is 2.22. The molecular weight excluding hydrogens is 393 g/mol. The van der Waals surface area contributed by atoms with E-state index in [4.69, 9.17) is 9.47 Å². The number of carbonyl (C=O) groups excluding carboxylic acids is 1. The second-order valence-electron chi connectivity index (χ2n) is 6.96. The average Bonchev–Trinajstić information content (AvgIpc) is 2.96. The number of aliphatic carboxylic acids is 1. The Morgan fingerprint density at radius 2 is 1.97 bits per heavy atom. The number of carboxylic acids is 1. The standard InChI is InChI=1S/C21H20FN3O5/c22-13-3-4-14-15(9-13)25-20(24-14)10-16(21(27)28)23-11-17(26)12-2-5-18-19(8-12)30-7-1-6-29-18/h2-5,8-9,16,23H,1,6-7,10-11H2,(H,24,25)(H,27,28)/t16-/m1/s1. The van der Waals surface area contributed by atoms with Crippen molar-refractivity contribution in [2.24, 2.45) is 0 Å². The molecule has 4 rings (SSSR count). The summed E-state index contributed by atoms with van der Waals surface area (Å²) in [5.41, 5.74) is 1.42. The first kappa shape index (κ1) is 19.8. The van der Waals surface area contributed by atoms with Gasteiger partial charge in [0.15, 0.2) is 17.3 Å². The average molecular weight is 413 g/mol. The molecule has 0 radical (unpaired) electrons. The fourth-order valence-corrected chi connectivity index (χ4v) is 3.23. The van der Waals surface area contributed by atoms with Gasteiger partial charge in [-0.05, 0) is 36.4 Å². The number of ether oxygens (including phenoxy) is 2. The highest BCUT2D eigenvalue weighted by molar-refractivity contribution is 5.98. The van der Waals surface area contributed by atoms with Gasteiger partial charge in [-0.1, -0.05) is 0 Å². The van der Waals surface area contributed by atoms with Gasteiger partial charge in [0.2, 0.25) is 0 Å². The third-order valence-corrected chi connectivity index (χ3v) is 4.77. The van der Waals surface area contributed by atoms with E-state index in [2.05, 4.69) is 15.3 Å². The predicted octanol–water partition coefficient (Wildman–Crippen LogP) is 2.33. The van der Waals surface area contributed by atoms with Gasteiger partial charge in [0, 0.05) is 18.4 Å². The monoisotopic (exact) mass is 413 g/mol. The third kappa shape index (κ3) is 4.41. The lowest BCUT2D eigenvalue weighted by molar-refractivity contribution is -0.139. The van der Waals surface area contributed by atoms with Gasteiger partial charge in [-0.15, -0.1) is 0 Å². The number of halogens is 1. The fourth-order valence-electron chi connectivity index (χ4n) is 3.23. The number of carbonyl (C=O) groups is 2. The number of ketones is 1. The molecule has 0 saturated carbocycles. The van der Waals surface area contributed by atoms with Crippen LogP contribution in [0.15, 0.2) is 36.4 Å². The van der Waals surface area contributed by atoms with Crippen molar-refractivity contribution in [1.82, 2.24) is 15.3 Å². The number of benzene rings is 2. The maximum Gasteiger partial charge on any atom is 0.321 e. The summed E-state index contributed by atoms with van der Waals surface area (Å²) >= 11 is 0. The predicted molar refractivity (Wildman–Crippen MR) is 106 cm³/mol. The van der Waals surface area contributed by atoms with E-state index in [1.807, 2.05) is 0 Å². The zero-order valence-corrected chi connectivity index (χ0v) is 16.0. The Labute approximate surface area is 171 Å². The highest BCUT2D eigenvalue weighted by Crippen LogP contribution is 2.30. The number of carboxylic acid groups (broad SMARTS) is 1. The van der Waals surface area contributed by atoms with Crippen molar-refractivity contribution in [3.63, 3.8) is 0 Å². The van der Waals surface area contributed by atoms with E-state index in [1.165, 1.54) is 18.2 Å². The van der Waals surface area contributed by atoms with Gasteiger partial charge in [-0.3, -0.25) is 14.9 Å². The van der Waals surface area contributed by atoms with E-state index in [9.17, 15) is 19.1 Å². The van der Waals surface area contributed by atoms with Gasteiger partial charge in [0.05, 0.1) is 30.8 Å². The zero-order valence-electron chi connectivity index (χ0n) is 16.0. The Bertz CT molecular complexity index is 1100. The lowest BCUT2D eigenvalue weighted by atomic mass is 10.1. The molecule has 2 aromatic carbocycles. The Hall–Kier alpha value is -3.46. The van der Waals surface area contributed by atoms with Crippen molar-refractivity contribution >= 4 is 22.8 Å². The van der Waals surface area contributed by atoms with Crippen LogP contribution in [-0.2, 0) is 11.2 Å². The number of fused-ring (bicyclic) bond motifs is 2. The van der Waals surface area contributed by atoms with Gasteiger partial charge in [-0.2, -0.15) is 0 Å². The molecule has 3 aromatic rings. The van der Waals surface area contributed by atoms with Crippen LogP contribution in [0.1, 0.15) is 22.6 Å². The molecule has 2 heterocycles. The van der Waals surface area contributed by atoms with Crippen molar-refractivity contribution in [2.45, 2.75) is 18.9 Å². The number of aromatic amines is 1. The Morgan fingerprint density at radius 1 is 1.17 bits per heavy atom. The summed E-state index contributed by atoms with van der Waals surface area (Å²) in [7, 11) is 0. The molecule has 0 aliphatic carbocycles. The third-order valence-electron chi connectivity index (χ3n) is 4.77. The number of hydrogen-bond acceptors (Lipinski definition) is 6. The van der Waals surface area contributed by atoms with Crippen LogP contribution in [0.25, 0.3) is 11.0 Å². The molecule has 0 bridgehead atoms. The van der Waals surface area contributed by atoms with Gasteiger partial charge < -0.3 is 19.6 Å². The number of hydrogen-bond donors (Lipinski definition) is 3. The maximum absolute atomic E-state index is 13.3. The summed E-state index contributed by atoms with van der Waals surface area (Å²) in [5, 5.41) is 12.3. The zero-order chi connectivity index (χ0) is 21.1. The van der Waals surface area contributed by atoms with Crippen LogP contribution in [0.2, 0.25) is 0 Å². The first-order chi connectivity index (χ1) is 14.5. The molecule has 3 N–H and O–H groups in total. The molecule has 8 nitrogen and oxygen atoms in total. The van der Waals surface area contributed by atoms with E-state index in [1.54, 1.807) is 18.2 Å². The first-order valence-corrected chi connectivity index (χ1v) is 9.53. The first-order valence-electron chi connectivity index (χ1n) is 9.53. The van der Waals surface area contributed by atoms with Crippen LogP contribution in [0.4, 0.5) is 4.39 Å². The fraction of sp³-hybridized carbons (Fsp3) is 0.286. The molecule has 0 spiro atoms. The van der Waals surface area contributed by atoms with Crippen LogP contribution >= 0.6 is 0 Å². The molecule has 0 unspecified atom stereocenters. The molecule has 0 fully saturated rings. The molecular formula is C21H20FN3O5. The topological polar surface area (TPSA) is 114 Å². The van der Waals surface area contributed by atoms with E-state index in [0.717, 1.165) is 6.42 Å². The molecule has 0 amide bonds. The van der Waals surface area contributed by atoms with Gasteiger partial charge in [0.25, 0.3) is 0 Å². The summed E-state index contributed by atoms with van der Waals surface area (Å²) < 4.78 is 24.5.